The van der Waals surface area contributed by atoms with Crippen molar-refractivity contribution in [2.75, 3.05) is 7.11 Å². The van der Waals surface area contributed by atoms with Crippen LogP contribution in [-0.2, 0) is 15.1 Å². The predicted molar refractivity (Wildman–Crippen MR) is 77.6 cm³/mol. The van der Waals surface area contributed by atoms with Crippen molar-refractivity contribution in [1.29, 1.82) is 0 Å². The van der Waals surface area contributed by atoms with Crippen molar-refractivity contribution in [3.63, 3.8) is 0 Å². The fourth-order valence-corrected chi connectivity index (χ4v) is 2.37. The summed E-state index contributed by atoms with van der Waals surface area (Å²) in [6, 6.07) is 4.58. The molecular formula is C16H15F9O3. The van der Waals surface area contributed by atoms with Gasteiger partial charge in [-0.2, -0.15) is 39.5 Å². The third kappa shape index (κ3) is 4.20. The lowest BCUT2D eigenvalue weighted by atomic mass is 9.85. The van der Waals surface area contributed by atoms with E-state index < -0.39 is 53.2 Å². The zero-order valence-electron chi connectivity index (χ0n) is 14.6. The van der Waals surface area contributed by atoms with Gasteiger partial charge in [-0.15, -0.1) is 0 Å². The molecule has 0 aliphatic heterocycles. The maximum Gasteiger partial charge on any atom is 0.460 e. The number of esters is 1. The van der Waals surface area contributed by atoms with Gasteiger partial charge in [0.05, 0.1) is 12.0 Å². The Morgan fingerprint density at radius 1 is 0.929 bits per heavy atom. The van der Waals surface area contributed by atoms with Crippen molar-refractivity contribution in [2.45, 2.75) is 49.8 Å². The zero-order valence-corrected chi connectivity index (χ0v) is 14.6. The monoisotopic (exact) mass is 426 g/mol. The molecule has 1 aromatic carbocycles. The van der Waals surface area contributed by atoms with E-state index in [4.69, 9.17) is 9.47 Å². The molecule has 0 saturated carbocycles. The van der Waals surface area contributed by atoms with Crippen LogP contribution >= 0.6 is 0 Å². The van der Waals surface area contributed by atoms with Crippen LogP contribution in [0.5, 0.6) is 5.75 Å². The van der Waals surface area contributed by atoms with E-state index in [-0.39, 0.29) is 0 Å². The molecule has 0 saturated heterocycles. The Hall–Kier alpha value is -1.98. The summed E-state index contributed by atoms with van der Waals surface area (Å²) in [4.78, 5) is 11.1. The number of carbonyl (C=O) groups excluding carboxylic acids is 1. The molecule has 1 aromatic rings. The van der Waals surface area contributed by atoms with Crippen molar-refractivity contribution in [3.8, 4) is 5.75 Å². The molecule has 28 heavy (non-hydrogen) atoms. The molecule has 160 valence electrons. The maximum absolute atomic E-state index is 14.1. The van der Waals surface area contributed by atoms with Gasteiger partial charge >= 0.3 is 29.9 Å². The molecule has 0 aliphatic rings. The number of para-hydroxylation sites is 1. The van der Waals surface area contributed by atoms with Crippen LogP contribution in [0.2, 0.25) is 0 Å². The van der Waals surface area contributed by atoms with Crippen LogP contribution in [0.15, 0.2) is 24.3 Å². The molecule has 0 aliphatic carbocycles. The van der Waals surface area contributed by atoms with Crippen LogP contribution < -0.4 is 4.74 Å². The van der Waals surface area contributed by atoms with Crippen molar-refractivity contribution < 1.29 is 53.8 Å². The molecule has 0 heterocycles. The van der Waals surface area contributed by atoms with Gasteiger partial charge in [0.25, 0.3) is 0 Å². The van der Waals surface area contributed by atoms with E-state index >= 15 is 0 Å². The number of halogens is 9. The minimum absolute atomic E-state index is 0.416. The van der Waals surface area contributed by atoms with E-state index in [9.17, 15) is 44.3 Å². The molecule has 1 rings (SSSR count). The van der Waals surface area contributed by atoms with E-state index in [0.717, 1.165) is 33.1 Å². The number of hydrogen-bond donors (Lipinski definition) is 0. The van der Waals surface area contributed by atoms with E-state index in [1.54, 1.807) is 0 Å². The smallest absolute Gasteiger partial charge is 0.426 e. The molecule has 1 unspecified atom stereocenters. The summed E-state index contributed by atoms with van der Waals surface area (Å²) < 4.78 is 128. The van der Waals surface area contributed by atoms with Crippen LogP contribution in [0.1, 0.15) is 25.8 Å². The molecule has 0 bridgehead atoms. The highest BCUT2D eigenvalue weighted by Crippen LogP contribution is 2.56. The second-order valence-corrected chi connectivity index (χ2v) is 6.05. The van der Waals surface area contributed by atoms with Gasteiger partial charge in [-0.05, 0) is 13.0 Å². The van der Waals surface area contributed by atoms with E-state index in [1.807, 2.05) is 0 Å². The molecular weight excluding hydrogens is 411 g/mol. The predicted octanol–water partition coefficient (Wildman–Crippen LogP) is 5.33. The normalized spacial score (nSPS) is 15.9. The molecule has 1 atom stereocenters. The van der Waals surface area contributed by atoms with Crippen molar-refractivity contribution in [3.05, 3.63) is 29.8 Å². The number of ether oxygens (including phenoxy) is 2. The second kappa shape index (κ2) is 7.45. The summed E-state index contributed by atoms with van der Waals surface area (Å²) in [6.07, 6.45) is -9.19. The maximum atomic E-state index is 14.1. The van der Waals surface area contributed by atoms with Crippen molar-refractivity contribution in [1.82, 2.24) is 0 Å². The van der Waals surface area contributed by atoms with Crippen molar-refractivity contribution in [2.24, 2.45) is 0 Å². The minimum atomic E-state index is -7.01. The SMILES string of the molecule is COC(C)(CC(F)(F)C(F)(F)C(F)(F)C(F)(F)F)c1ccccc1OC(C)=O. The summed E-state index contributed by atoms with van der Waals surface area (Å²) >= 11 is 0. The average molecular weight is 426 g/mol. The lowest BCUT2D eigenvalue weighted by molar-refractivity contribution is -0.400. The van der Waals surface area contributed by atoms with Gasteiger partial charge < -0.3 is 9.47 Å². The fourth-order valence-electron chi connectivity index (χ4n) is 2.37. The Morgan fingerprint density at radius 2 is 1.43 bits per heavy atom. The Kier molecular flexibility index (Phi) is 6.40. The van der Waals surface area contributed by atoms with Gasteiger partial charge in [-0.3, -0.25) is 4.79 Å². The molecule has 0 N–H and O–H groups in total. The first-order valence-corrected chi connectivity index (χ1v) is 7.46. The summed E-state index contributed by atoms with van der Waals surface area (Å²) in [6.45, 7) is 1.69. The topological polar surface area (TPSA) is 35.5 Å². The van der Waals surface area contributed by atoms with Gasteiger partial charge in [0.15, 0.2) is 0 Å². The number of methoxy groups -OCH3 is 1. The minimum Gasteiger partial charge on any atom is -0.426 e. The Morgan fingerprint density at radius 3 is 1.86 bits per heavy atom. The van der Waals surface area contributed by atoms with Crippen LogP contribution in [-0.4, -0.2) is 37.0 Å². The first-order valence-electron chi connectivity index (χ1n) is 7.46. The van der Waals surface area contributed by atoms with Gasteiger partial charge in [0, 0.05) is 19.6 Å². The Bertz CT molecular complexity index is 716. The highest BCUT2D eigenvalue weighted by molar-refractivity contribution is 5.70. The molecule has 0 aromatic heterocycles. The first-order chi connectivity index (χ1) is 12.4. The highest BCUT2D eigenvalue weighted by Gasteiger charge is 2.82. The average Bonchev–Trinajstić information content (AvgIpc) is 2.52. The number of carbonyl (C=O) groups is 1. The summed E-state index contributed by atoms with van der Waals surface area (Å²) in [5.74, 6) is -21.0. The standard InChI is InChI=1S/C16H15F9O3/c1-9(26)28-11-7-5-4-6-10(11)12(2,27-3)8-13(17,18)14(19,20)15(21,22)16(23,24)25/h4-7H,8H2,1-3H3. The number of benzene rings is 1. The molecule has 0 spiro atoms. The Labute approximate surface area is 153 Å². The van der Waals surface area contributed by atoms with E-state index in [0.29, 0.717) is 0 Å². The van der Waals surface area contributed by atoms with Gasteiger partial charge in [-0.25, -0.2) is 0 Å². The Balaban J connectivity index is 3.44. The summed E-state index contributed by atoms with van der Waals surface area (Å²) in [5, 5.41) is 0. The lowest BCUT2D eigenvalue weighted by Crippen LogP contribution is -2.62. The number of alkyl halides is 9. The number of rotatable bonds is 7. The van der Waals surface area contributed by atoms with Crippen LogP contribution in [0, 0.1) is 0 Å². The molecule has 12 heteroatoms. The van der Waals surface area contributed by atoms with Gasteiger partial charge in [0.1, 0.15) is 5.75 Å². The second-order valence-electron chi connectivity index (χ2n) is 6.05. The van der Waals surface area contributed by atoms with Gasteiger partial charge in [-0.1, -0.05) is 18.2 Å². The third-order valence-electron chi connectivity index (χ3n) is 3.93. The molecule has 0 amide bonds. The largest absolute Gasteiger partial charge is 0.460 e. The summed E-state index contributed by atoms with van der Waals surface area (Å²) in [7, 11) is 0.751. The van der Waals surface area contributed by atoms with E-state index in [2.05, 4.69) is 0 Å². The van der Waals surface area contributed by atoms with Crippen molar-refractivity contribution >= 4 is 5.97 Å². The first kappa shape index (κ1) is 24.1. The zero-order chi connectivity index (χ0) is 22.2. The van der Waals surface area contributed by atoms with Gasteiger partial charge in [0.2, 0.25) is 0 Å². The molecule has 0 fully saturated rings. The van der Waals surface area contributed by atoms with E-state index in [1.165, 1.54) is 12.1 Å². The van der Waals surface area contributed by atoms with Crippen LogP contribution in [0.4, 0.5) is 39.5 Å². The summed E-state index contributed by atoms with van der Waals surface area (Å²) in [5.41, 5.74) is -2.95. The highest BCUT2D eigenvalue weighted by atomic mass is 19.4. The fraction of sp³-hybridized carbons (Fsp3) is 0.562. The molecule has 0 radical (unpaired) electrons. The molecule has 3 nitrogen and oxygen atoms in total. The van der Waals surface area contributed by atoms with Crippen LogP contribution in [0.3, 0.4) is 0 Å². The van der Waals surface area contributed by atoms with Crippen LogP contribution in [0.25, 0.3) is 0 Å². The third-order valence-corrected chi connectivity index (χ3v) is 3.93. The number of hydrogen-bond acceptors (Lipinski definition) is 3. The quantitative estimate of drug-likeness (QED) is 0.336. The lowest BCUT2D eigenvalue weighted by Gasteiger charge is -2.38.